The molecule has 0 bridgehead atoms. The van der Waals surface area contributed by atoms with Gasteiger partial charge >= 0.3 is 10.2 Å². The largest absolute Gasteiger partial charge is 0.506 e. The molecule has 160 valence electrons. The fourth-order valence-corrected chi connectivity index (χ4v) is 3.78. The Hall–Kier alpha value is -3.02. The van der Waals surface area contributed by atoms with Crippen molar-refractivity contribution >= 4 is 27.7 Å². The van der Waals surface area contributed by atoms with Gasteiger partial charge in [-0.05, 0) is 24.6 Å². The molecule has 0 spiro atoms. The summed E-state index contributed by atoms with van der Waals surface area (Å²) in [6.07, 6.45) is 0.386. The molecule has 2 amide bonds. The first-order chi connectivity index (χ1) is 13.5. The van der Waals surface area contributed by atoms with Gasteiger partial charge in [-0.3, -0.25) is 9.59 Å². The zero-order chi connectivity index (χ0) is 21.8. The maximum Gasteiger partial charge on any atom is 0.326 e. The number of anilines is 1. The number of halogens is 1. The second-order valence-corrected chi connectivity index (χ2v) is 8.11. The van der Waals surface area contributed by atoms with Gasteiger partial charge in [0.25, 0.3) is 5.91 Å². The fraction of sp³-hybridized carbons (Fsp3) is 0.412. The quantitative estimate of drug-likeness (QED) is 0.366. The average Bonchev–Trinajstić information content (AvgIpc) is 2.89. The van der Waals surface area contributed by atoms with Crippen LogP contribution in [0.1, 0.15) is 25.8 Å². The monoisotopic (exact) mass is 429 g/mol. The number of nitrogens with zero attached hydrogens (tertiary/aromatic N) is 1. The highest BCUT2D eigenvalue weighted by Gasteiger charge is 2.37. The Morgan fingerprint density at radius 2 is 2.10 bits per heavy atom. The van der Waals surface area contributed by atoms with Crippen LogP contribution in [0.2, 0.25) is 0 Å². The molecule has 0 radical (unpaired) electrons. The van der Waals surface area contributed by atoms with Crippen molar-refractivity contribution in [2.24, 2.45) is 0 Å². The molecule has 1 atom stereocenters. The Bertz CT molecular complexity index is 898. The molecular formula is C17H24FN5O5S. The molecule has 29 heavy (non-hydrogen) atoms. The number of aromatic hydroxyl groups is 1. The summed E-state index contributed by atoms with van der Waals surface area (Å²) in [5.41, 5.74) is -0.264. The van der Waals surface area contributed by atoms with E-state index in [1.807, 2.05) is 6.92 Å². The smallest absolute Gasteiger partial charge is 0.326 e. The van der Waals surface area contributed by atoms with Gasteiger partial charge in [0.05, 0.1) is 5.82 Å². The predicted molar refractivity (Wildman–Crippen MR) is 104 cm³/mol. The van der Waals surface area contributed by atoms with Crippen molar-refractivity contribution in [2.45, 2.75) is 32.9 Å². The van der Waals surface area contributed by atoms with Gasteiger partial charge in [0.15, 0.2) is 5.82 Å². The molecular weight excluding hydrogens is 405 g/mol. The number of hydrogen-bond acceptors (Lipinski definition) is 7. The van der Waals surface area contributed by atoms with Crippen LogP contribution in [0.25, 0.3) is 0 Å². The summed E-state index contributed by atoms with van der Waals surface area (Å²) in [6.45, 7) is 7.25. The zero-order valence-electron chi connectivity index (χ0n) is 16.1. The molecule has 1 heterocycles. The van der Waals surface area contributed by atoms with Gasteiger partial charge in [-0.2, -0.15) is 8.42 Å². The summed E-state index contributed by atoms with van der Waals surface area (Å²) in [7, 11) is -4.24. The third-order valence-electron chi connectivity index (χ3n) is 4.03. The van der Waals surface area contributed by atoms with Crippen LogP contribution in [0.3, 0.4) is 0 Å². The predicted octanol–water partition coefficient (Wildman–Crippen LogP) is -0.223. The highest BCUT2D eigenvalue weighted by molar-refractivity contribution is 7.92. The van der Waals surface area contributed by atoms with E-state index in [1.54, 1.807) is 11.6 Å². The Morgan fingerprint density at radius 3 is 2.66 bits per heavy atom. The molecule has 1 aromatic carbocycles. The Kier molecular flexibility index (Phi) is 6.90. The van der Waals surface area contributed by atoms with Gasteiger partial charge in [0.1, 0.15) is 18.0 Å². The van der Waals surface area contributed by atoms with E-state index >= 15 is 0 Å². The highest BCUT2D eigenvalue weighted by atomic mass is 32.2. The van der Waals surface area contributed by atoms with Crippen LogP contribution >= 0.6 is 0 Å². The lowest BCUT2D eigenvalue weighted by Gasteiger charge is -2.19. The molecule has 5 N–H and O–H groups in total. The van der Waals surface area contributed by atoms with Crippen molar-refractivity contribution in [3.05, 3.63) is 35.9 Å². The number of carbonyl (C=O) groups excluding carboxylic acids is 2. The van der Waals surface area contributed by atoms with Crippen LogP contribution in [-0.4, -0.2) is 44.5 Å². The van der Waals surface area contributed by atoms with Gasteiger partial charge in [-0.1, -0.05) is 13.5 Å². The van der Waals surface area contributed by atoms with Gasteiger partial charge in [-0.15, -0.1) is 0 Å². The topological polar surface area (TPSA) is 140 Å². The summed E-state index contributed by atoms with van der Waals surface area (Å²) < 4.78 is 40.3. The number of hydrogen-bond donors (Lipinski definition) is 5. The number of benzene rings is 1. The molecule has 2 rings (SSSR count). The third-order valence-corrected chi connectivity index (χ3v) is 5.41. The van der Waals surface area contributed by atoms with Crippen LogP contribution in [0.4, 0.5) is 10.1 Å². The molecule has 1 aliphatic rings. The second kappa shape index (κ2) is 8.99. The van der Waals surface area contributed by atoms with E-state index in [4.69, 9.17) is 0 Å². The average molecular weight is 429 g/mol. The molecule has 10 nitrogen and oxygen atoms in total. The van der Waals surface area contributed by atoms with E-state index in [-0.39, 0.29) is 18.5 Å². The molecule has 1 aliphatic heterocycles. The first-order valence-corrected chi connectivity index (χ1v) is 10.3. The van der Waals surface area contributed by atoms with E-state index < -0.39 is 39.9 Å². The number of amides is 2. The Balaban J connectivity index is 1.97. The lowest BCUT2D eigenvalue weighted by Crippen LogP contribution is -2.41. The van der Waals surface area contributed by atoms with E-state index in [2.05, 4.69) is 22.5 Å². The number of rotatable bonds is 9. The van der Waals surface area contributed by atoms with Crippen molar-refractivity contribution in [2.75, 3.05) is 17.4 Å². The van der Waals surface area contributed by atoms with Gasteiger partial charge < -0.3 is 21.1 Å². The summed E-state index contributed by atoms with van der Waals surface area (Å²) in [5, 5.41) is 18.8. The maximum absolute atomic E-state index is 14.5. The van der Waals surface area contributed by atoms with Gasteiger partial charge in [0, 0.05) is 25.6 Å². The lowest BCUT2D eigenvalue weighted by atomic mass is 10.1. The second-order valence-electron chi connectivity index (χ2n) is 6.52. The van der Waals surface area contributed by atoms with Crippen LogP contribution in [0.5, 0.6) is 5.75 Å². The van der Waals surface area contributed by atoms with Crippen molar-refractivity contribution in [3.63, 3.8) is 0 Å². The summed E-state index contributed by atoms with van der Waals surface area (Å²) >= 11 is 0. The minimum atomic E-state index is -4.24. The van der Waals surface area contributed by atoms with E-state index in [9.17, 15) is 27.5 Å². The number of phenols is 1. The van der Waals surface area contributed by atoms with Gasteiger partial charge in [-0.25, -0.2) is 13.4 Å². The van der Waals surface area contributed by atoms with Crippen LogP contribution in [0, 0.1) is 5.82 Å². The van der Waals surface area contributed by atoms with E-state index in [0.717, 1.165) is 6.07 Å². The fourth-order valence-electron chi connectivity index (χ4n) is 2.61. The van der Waals surface area contributed by atoms with Gasteiger partial charge in [0.2, 0.25) is 5.91 Å². The molecule has 0 aromatic heterocycles. The first kappa shape index (κ1) is 22.3. The minimum absolute atomic E-state index is 0.0687. The molecule has 1 aromatic rings. The number of phenolic OH excluding ortho intramolecular Hbond substituents is 1. The standard InChI is InChI=1S/C17H24FN5O5S/c1-4-15(25)21-10(2)7-19-11(3)20-8-12-5-13(18)17(14(24)6-12)23-9-16(26)22-29(23,27)28/h5-6,10,19-20,24H,3-4,7-9H2,1-2H3,(H,21,25)(H,22,26). The minimum Gasteiger partial charge on any atom is -0.506 e. The van der Waals surface area contributed by atoms with Crippen LogP contribution in [0.15, 0.2) is 24.5 Å². The lowest BCUT2D eigenvalue weighted by molar-refractivity contribution is -0.121. The van der Waals surface area contributed by atoms with Crippen LogP contribution < -0.4 is 25.0 Å². The molecule has 1 fully saturated rings. The molecule has 1 saturated heterocycles. The van der Waals surface area contributed by atoms with Crippen molar-refractivity contribution < 1.29 is 27.5 Å². The van der Waals surface area contributed by atoms with Crippen molar-refractivity contribution in [3.8, 4) is 5.75 Å². The van der Waals surface area contributed by atoms with E-state index in [0.29, 0.717) is 28.7 Å². The summed E-state index contributed by atoms with van der Waals surface area (Å²) in [6, 6.07) is 2.12. The highest BCUT2D eigenvalue weighted by Crippen LogP contribution is 2.34. The molecule has 0 saturated carbocycles. The molecule has 12 heteroatoms. The molecule has 0 aliphatic carbocycles. The number of carbonyl (C=O) groups is 2. The SMILES string of the molecule is C=C(NCc1cc(O)c(N2CC(=O)NS2(=O)=O)c(F)c1)NCC(C)NC(=O)CC. The Labute approximate surface area is 168 Å². The summed E-state index contributed by atoms with van der Waals surface area (Å²) in [4.78, 5) is 22.6. The van der Waals surface area contributed by atoms with Crippen LogP contribution in [-0.2, 0) is 26.3 Å². The number of nitrogens with one attached hydrogen (secondary N) is 4. The zero-order valence-corrected chi connectivity index (χ0v) is 16.9. The van der Waals surface area contributed by atoms with E-state index in [1.165, 1.54) is 6.07 Å². The van der Waals surface area contributed by atoms with Crippen molar-refractivity contribution in [1.29, 1.82) is 0 Å². The summed E-state index contributed by atoms with van der Waals surface area (Å²) in [5.74, 6) is -2.07. The normalized spacial score (nSPS) is 16.1. The Morgan fingerprint density at radius 1 is 1.41 bits per heavy atom. The third kappa shape index (κ3) is 5.73. The first-order valence-electron chi connectivity index (χ1n) is 8.84. The maximum atomic E-state index is 14.5. The molecule has 1 unspecified atom stereocenters. The van der Waals surface area contributed by atoms with Crippen molar-refractivity contribution in [1.82, 2.24) is 20.7 Å².